The van der Waals surface area contributed by atoms with Gasteiger partial charge < -0.3 is 15.4 Å². The number of rotatable bonds is 8. The number of carbonyl (C=O) groups excluding carboxylic acids is 4. The molecule has 4 amide bonds. The van der Waals surface area contributed by atoms with Crippen LogP contribution in [0, 0.1) is 0 Å². The van der Waals surface area contributed by atoms with Crippen molar-refractivity contribution < 1.29 is 23.9 Å². The Bertz CT molecular complexity index is 1510. The van der Waals surface area contributed by atoms with Crippen molar-refractivity contribution in [3.05, 3.63) is 107 Å². The topological polar surface area (TPSA) is 118 Å². The van der Waals surface area contributed by atoms with Gasteiger partial charge in [-0.1, -0.05) is 84.9 Å². The van der Waals surface area contributed by atoms with Crippen LogP contribution in [0.5, 0.6) is 0 Å². The number of hydrogen-bond acceptors (Lipinski definition) is 7. The maximum absolute atomic E-state index is 13.5. The van der Waals surface area contributed by atoms with Crippen LogP contribution in [0.25, 0.3) is 11.1 Å². The van der Waals surface area contributed by atoms with Crippen LogP contribution in [-0.2, 0) is 20.7 Å². The molecule has 3 aromatic carbocycles. The predicted octanol–water partition coefficient (Wildman–Crippen LogP) is 4.44. The van der Waals surface area contributed by atoms with E-state index in [1.54, 1.807) is 24.3 Å². The second kappa shape index (κ2) is 11.3. The number of benzene rings is 3. The largest absolute Gasteiger partial charge is 0.464 e. The first kappa shape index (κ1) is 25.8. The number of aromatic nitrogens is 1. The number of thiazole rings is 1. The van der Waals surface area contributed by atoms with E-state index in [0.717, 1.165) is 32.9 Å². The molecule has 196 valence electrons. The van der Waals surface area contributed by atoms with E-state index in [-0.39, 0.29) is 17.2 Å². The van der Waals surface area contributed by atoms with E-state index in [4.69, 9.17) is 0 Å². The summed E-state index contributed by atoms with van der Waals surface area (Å²) in [5.41, 5.74) is 3.46. The number of ether oxygens (including phenoxy) is 1. The van der Waals surface area contributed by atoms with Crippen molar-refractivity contribution in [3.63, 3.8) is 0 Å². The van der Waals surface area contributed by atoms with E-state index >= 15 is 0 Å². The van der Waals surface area contributed by atoms with Crippen LogP contribution in [0.4, 0.5) is 9.93 Å². The summed E-state index contributed by atoms with van der Waals surface area (Å²) >= 11 is 1.04. The molecule has 0 spiro atoms. The lowest BCUT2D eigenvalue weighted by molar-refractivity contribution is -0.134. The summed E-state index contributed by atoms with van der Waals surface area (Å²) in [5.74, 6) is -1.77. The Kier molecular flexibility index (Phi) is 7.46. The Labute approximate surface area is 228 Å². The molecular formula is C29H24N4O5S. The molecule has 9 nitrogen and oxygen atoms in total. The molecule has 0 bridgehead atoms. The SMILES string of the molecule is COC(=O)c1csc(NC(=O)[C@H](Cc2ccc(-c3ccccc3)cc2)N2C(=O)N[C@@H](c3ccccc3)C2=O)n1. The fourth-order valence-corrected chi connectivity index (χ4v) is 5.05. The molecule has 2 heterocycles. The molecule has 1 aliphatic heterocycles. The molecule has 2 atom stereocenters. The molecule has 4 aromatic rings. The Morgan fingerprint density at radius 1 is 0.974 bits per heavy atom. The summed E-state index contributed by atoms with van der Waals surface area (Å²) in [6.45, 7) is 0. The number of anilines is 1. The van der Waals surface area contributed by atoms with Crippen LogP contribution in [-0.4, -0.2) is 46.9 Å². The lowest BCUT2D eigenvalue weighted by Gasteiger charge is -2.24. The van der Waals surface area contributed by atoms with E-state index in [2.05, 4.69) is 20.4 Å². The summed E-state index contributed by atoms with van der Waals surface area (Å²) in [7, 11) is 1.24. The van der Waals surface area contributed by atoms with Crippen molar-refractivity contribution in [2.45, 2.75) is 18.5 Å². The van der Waals surface area contributed by atoms with Gasteiger partial charge in [0.2, 0.25) is 5.91 Å². The molecule has 0 unspecified atom stereocenters. The van der Waals surface area contributed by atoms with Crippen molar-refractivity contribution in [1.82, 2.24) is 15.2 Å². The zero-order chi connectivity index (χ0) is 27.4. The number of imide groups is 1. The molecule has 1 aliphatic rings. The molecule has 5 rings (SSSR count). The molecule has 0 saturated carbocycles. The smallest absolute Gasteiger partial charge is 0.357 e. The molecule has 10 heteroatoms. The van der Waals surface area contributed by atoms with Crippen LogP contribution in [0.2, 0.25) is 0 Å². The standard InChI is InChI=1S/C29H24N4O5S/c1-38-27(36)22-17-39-28(30-22)32-25(34)23(16-18-12-14-20(15-13-18)19-8-4-2-5-9-19)33-26(35)24(31-29(33)37)21-10-6-3-7-11-21/h2-15,17,23-24H,16H2,1H3,(H,31,37)(H,30,32,34)/t23-,24-/m0/s1. The maximum atomic E-state index is 13.5. The Balaban J connectivity index is 1.42. The van der Waals surface area contributed by atoms with Gasteiger partial charge in [-0.3, -0.25) is 9.59 Å². The third kappa shape index (κ3) is 5.55. The van der Waals surface area contributed by atoms with Gasteiger partial charge in [-0.25, -0.2) is 19.5 Å². The van der Waals surface area contributed by atoms with Gasteiger partial charge in [0.25, 0.3) is 5.91 Å². The minimum atomic E-state index is -1.17. The second-order valence-corrected chi connectivity index (χ2v) is 9.66. The summed E-state index contributed by atoms with van der Waals surface area (Å²) in [4.78, 5) is 56.9. The van der Waals surface area contributed by atoms with Crippen molar-refractivity contribution in [2.24, 2.45) is 0 Å². The number of methoxy groups -OCH3 is 1. The monoisotopic (exact) mass is 540 g/mol. The Morgan fingerprint density at radius 2 is 1.62 bits per heavy atom. The quantitative estimate of drug-likeness (QED) is 0.252. The van der Waals surface area contributed by atoms with E-state index in [1.165, 1.54) is 12.5 Å². The highest BCUT2D eigenvalue weighted by Gasteiger charge is 2.45. The normalized spacial score (nSPS) is 15.5. The maximum Gasteiger partial charge on any atom is 0.357 e. The highest BCUT2D eigenvalue weighted by molar-refractivity contribution is 7.14. The number of esters is 1. The van der Waals surface area contributed by atoms with Gasteiger partial charge >= 0.3 is 12.0 Å². The van der Waals surface area contributed by atoms with E-state index in [1.807, 2.05) is 60.7 Å². The number of amides is 4. The molecule has 39 heavy (non-hydrogen) atoms. The number of carbonyl (C=O) groups is 4. The first-order valence-electron chi connectivity index (χ1n) is 12.1. The van der Waals surface area contributed by atoms with Crippen molar-refractivity contribution in [3.8, 4) is 11.1 Å². The zero-order valence-corrected chi connectivity index (χ0v) is 21.7. The Hall–Kier alpha value is -4.83. The summed E-state index contributed by atoms with van der Waals surface area (Å²) in [6.07, 6.45) is 0.0802. The van der Waals surface area contributed by atoms with Crippen molar-refractivity contribution in [1.29, 1.82) is 0 Å². The average Bonchev–Trinajstić information content (AvgIpc) is 3.56. The Morgan fingerprint density at radius 3 is 2.28 bits per heavy atom. The minimum Gasteiger partial charge on any atom is -0.464 e. The second-order valence-electron chi connectivity index (χ2n) is 8.80. The number of nitrogens with one attached hydrogen (secondary N) is 2. The molecule has 0 radical (unpaired) electrons. The van der Waals surface area contributed by atoms with Gasteiger partial charge in [-0.15, -0.1) is 11.3 Å². The first-order valence-corrected chi connectivity index (χ1v) is 13.0. The van der Waals surface area contributed by atoms with Gasteiger partial charge in [0.15, 0.2) is 10.8 Å². The van der Waals surface area contributed by atoms with Gasteiger partial charge in [-0.2, -0.15) is 0 Å². The third-order valence-corrected chi connectivity index (χ3v) is 7.09. The van der Waals surface area contributed by atoms with E-state index in [9.17, 15) is 19.2 Å². The van der Waals surface area contributed by atoms with E-state index in [0.29, 0.717) is 5.56 Å². The van der Waals surface area contributed by atoms with Crippen LogP contribution >= 0.6 is 11.3 Å². The van der Waals surface area contributed by atoms with Crippen LogP contribution in [0.15, 0.2) is 90.3 Å². The molecule has 2 N–H and O–H groups in total. The first-order chi connectivity index (χ1) is 18.9. The van der Waals surface area contributed by atoms with Crippen LogP contribution < -0.4 is 10.6 Å². The predicted molar refractivity (Wildman–Crippen MR) is 146 cm³/mol. The molecular weight excluding hydrogens is 516 g/mol. The molecule has 1 saturated heterocycles. The molecule has 1 aromatic heterocycles. The molecule has 1 fully saturated rings. The van der Waals surface area contributed by atoms with Gasteiger partial charge in [-0.05, 0) is 22.3 Å². The summed E-state index contributed by atoms with van der Waals surface area (Å²) < 4.78 is 4.67. The molecule has 0 aliphatic carbocycles. The highest BCUT2D eigenvalue weighted by Crippen LogP contribution is 2.27. The minimum absolute atomic E-state index is 0.0463. The van der Waals surface area contributed by atoms with Gasteiger partial charge in [0, 0.05) is 11.8 Å². The fourth-order valence-electron chi connectivity index (χ4n) is 4.37. The third-order valence-electron chi connectivity index (χ3n) is 6.34. The highest BCUT2D eigenvalue weighted by atomic mass is 32.1. The van der Waals surface area contributed by atoms with Crippen molar-refractivity contribution >= 4 is 40.3 Å². The summed E-state index contributed by atoms with van der Waals surface area (Å²) in [5, 5.41) is 6.96. The summed E-state index contributed by atoms with van der Waals surface area (Å²) in [6, 6.07) is 23.6. The van der Waals surface area contributed by atoms with Gasteiger partial charge in [0.05, 0.1) is 7.11 Å². The number of nitrogens with zero attached hydrogens (tertiary/aromatic N) is 2. The number of hydrogen-bond donors (Lipinski definition) is 2. The fraction of sp³-hybridized carbons (Fsp3) is 0.138. The van der Waals surface area contributed by atoms with Crippen LogP contribution in [0.1, 0.15) is 27.7 Å². The lowest BCUT2D eigenvalue weighted by Crippen LogP contribution is -2.49. The van der Waals surface area contributed by atoms with Gasteiger partial charge in [0.1, 0.15) is 12.1 Å². The van der Waals surface area contributed by atoms with Crippen molar-refractivity contribution in [2.75, 3.05) is 12.4 Å². The lowest BCUT2D eigenvalue weighted by atomic mass is 9.99. The average molecular weight is 541 g/mol. The number of urea groups is 1. The van der Waals surface area contributed by atoms with Crippen LogP contribution in [0.3, 0.4) is 0 Å². The zero-order valence-electron chi connectivity index (χ0n) is 20.9. The van der Waals surface area contributed by atoms with E-state index < -0.39 is 35.9 Å².